The van der Waals surface area contributed by atoms with Crippen LogP contribution in [0.15, 0.2) is 29.4 Å². The summed E-state index contributed by atoms with van der Waals surface area (Å²) < 4.78 is 27.1. The molecule has 0 aromatic heterocycles. The van der Waals surface area contributed by atoms with Gasteiger partial charge < -0.3 is 29.0 Å². The highest BCUT2D eigenvalue weighted by Gasteiger charge is 2.52. The fourth-order valence-corrected chi connectivity index (χ4v) is 3.81. The van der Waals surface area contributed by atoms with Gasteiger partial charge in [0.2, 0.25) is 0 Å². The van der Waals surface area contributed by atoms with E-state index < -0.39 is 54.5 Å². The molecule has 0 radical (unpaired) electrons. The summed E-state index contributed by atoms with van der Waals surface area (Å²) in [5.41, 5.74) is 4.67. The largest absolute Gasteiger partial charge is 0.463 e. The monoisotopic (exact) mass is 551 g/mol. The summed E-state index contributed by atoms with van der Waals surface area (Å²) in [5.74, 6) is -2.38. The Hall–Kier alpha value is -3.58. The lowest BCUT2D eigenvalue weighted by molar-refractivity contribution is -0.254. The Morgan fingerprint density at radius 3 is 2.00 bits per heavy atom. The highest BCUT2D eigenvalue weighted by molar-refractivity contribution is 7.80. The Labute approximate surface area is 226 Å². The third-order valence-electron chi connectivity index (χ3n) is 5.25. The van der Waals surface area contributed by atoms with Crippen LogP contribution in [0.5, 0.6) is 0 Å². The van der Waals surface area contributed by atoms with Crippen LogP contribution < -0.4 is 10.7 Å². The molecular formula is C25H33N3O9S. The highest BCUT2D eigenvalue weighted by Crippen LogP contribution is 2.28. The second kappa shape index (κ2) is 14.4. The molecule has 0 saturated carbocycles. The zero-order valence-electron chi connectivity index (χ0n) is 22.1. The molecule has 208 valence electrons. The maximum Gasteiger partial charge on any atom is 0.303 e. The second-order valence-electron chi connectivity index (χ2n) is 8.78. The minimum atomic E-state index is -1.31. The molecule has 1 aromatic carbocycles. The van der Waals surface area contributed by atoms with Crippen LogP contribution in [0.25, 0.3) is 0 Å². The van der Waals surface area contributed by atoms with Gasteiger partial charge in [0.25, 0.3) is 0 Å². The van der Waals surface area contributed by atoms with E-state index in [0.29, 0.717) is 5.92 Å². The summed E-state index contributed by atoms with van der Waals surface area (Å²) in [6, 6.07) is 7.83. The third kappa shape index (κ3) is 9.71. The van der Waals surface area contributed by atoms with Crippen molar-refractivity contribution in [1.29, 1.82) is 0 Å². The van der Waals surface area contributed by atoms with Gasteiger partial charge in [0.1, 0.15) is 12.7 Å². The molecule has 0 amide bonds. The number of ether oxygens (including phenoxy) is 5. The van der Waals surface area contributed by atoms with Crippen molar-refractivity contribution in [3.05, 3.63) is 35.4 Å². The van der Waals surface area contributed by atoms with Crippen molar-refractivity contribution in [3.63, 3.8) is 0 Å². The maximum absolute atomic E-state index is 11.9. The van der Waals surface area contributed by atoms with E-state index in [1.54, 1.807) is 6.21 Å². The zero-order valence-corrected chi connectivity index (χ0v) is 22.9. The van der Waals surface area contributed by atoms with E-state index in [-0.39, 0.29) is 11.7 Å². The van der Waals surface area contributed by atoms with E-state index in [9.17, 15) is 19.2 Å². The minimum absolute atomic E-state index is 0.0130. The molecule has 0 bridgehead atoms. The van der Waals surface area contributed by atoms with Gasteiger partial charge >= 0.3 is 23.9 Å². The van der Waals surface area contributed by atoms with Crippen LogP contribution in [0, 0.1) is 0 Å². The molecule has 0 spiro atoms. The lowest BCUT2D eigenvalue weighted by atomic mass is 9.97. The van der Waals surface area contributed by atoms with Crippen molar-refractivity contribution >= 4 is 47.4 Å². The Kier molecular flexibility index (Phi) is 11.6. The zero-order chi connectivity index (χ0) is 28.4. The van der Waals surface area contributed by atoms with Gasteiger partial charge in [-0.3, -0.25) is 24.6 Å². The number of nitrogens with one attached hydrogen (secondary N) is 2. The quantitative estimate of drug-likeness (QED) is 0.151. The Balaban J connectivity index is 2.25. The number of thiocarbonyl (C=S) groups is 1. The summed E-state index contributed by atoms with van der Waals surface area (Å²) >= 11 is 5.31. The number of rotatable bonds is 9. The molecule has 13 heteroatoms. The number of benzene rings is 1. The van der Waals surface area contributed by atoms with Gasteiger partial charge in [-0.2, -0.15) is 5.10 Å². The fourth-order valence-electron chi connectivity index (χ4n) is 3.64. The van der Waals surface area contributed by atoms with Crippen molar-refractivity contribution in [2.24, 2.45) is 5.10 Å². The van der Waals surface area contributed by atoms with Gasteiger partial charge in [-0.25, -0.2) is 0 Å². The van der Waals surface area contributed by atoms with Gasteiger partial charge in [0.05, 0.1) is 6.21 Å². The molecule has 1 aliphatic heterocycles. The van der Waals surface area contributed by atoms with Crippen LogP contribution in [-0.4, -0.2) is 72.5 Å². The standard InChI is InChI=1S/C25H33N3O9S/c1-13(2)19-9-7-18(8-10-19)11-26-28-25(38)27-24-23(36-17(6)32)22(35-16(5)31)21(34-15(4)30)20(37-24)12-33-14(3)29/h7-11,13,20-24H,12H2,1-6H3,(H2,27,28,38)/b26-11+/t20-,21+,22+,23-,24-/m1/s1. The Bertz CT molecular complexity index is 1050. The molecule has 1 heterocycles. The third-order valence-corrected chi connectivity index (χ3v) is 5.46. The summed E-state index contributed by atoms with van der Waals surface area (Å²) in [7, 11) is 0. The molecule has 38 heavy (non-hydrogen) atoms. The molecule has 0 unspecified atom stereocenters. The van der Waals surface area contributed by atoms with Crippen molar-refractivity contribution < 1.29 is 42.9 Å². The molecule has 12 nitrogen and oxygen atoms in total. The van der Waals surface area contributed by atoms with Crippen molar-refractivity contribution in [3.8, 4) is 0 Å². The highest BCUT2D eigenvalue weighted by atomic mass is 32.1. The number of nitrogens with zero attached hydrogens (tertiary/aromatic N) is 1. The van der Waals surface area contributed by atoms with Gasteiger partial charge in [0, 0.05) is 27.7 Å². The van der Waals surface area contributed by atoms with Gasteiger partial charge in [-0.15, -0.1) is 0 Å². The van der Waals surface area contributed by atoms with Crippen molar-refractivity contribution in [2.45, 2.75) is 78.1 Å². The van der Waals surface area contributed by atoms with Crippen LogP contribution >= 0.6 is 12.2 Å². The average molecular weight is 552 g/mol. The molecule has 2 N–H and O–H groups in total. The Morgan fingerprint density at radius 2 is 1.47 bits per heavy atom. The summed E-state index contributed by atoms with van der Waals surface area (Å²) in [5, 5.41) is 6.90. The van der Waals surface area contributed by atoms with E-state index in [2.05, 4.69) is 29.7 Å². The SMILES string of the molecule is CC(=O)OC[C@H]1O[C@@H](NC(=S)N/N=C/c2ccc(C(C)C)cc2)[C@H](OC(C)=O)[C@@H](OC(C)=O)[C@H]1OC(C)=O. The predicted molar refractivity (Wildman–Crippen MR) is 139 cm³/mol. The average Bonchev–Trinajstić information content (AvgIpc) is 2.81. The number of carbonyl (C=O) groups is 4. The summed E-state index contributed by atoms with van der Waals surface area (Å²) in [6.45, 7) is 8.48. The molecule has 2 rings (SSSR count). The molecule has 1 fully saturated rings. The first-order valence-corrected chi connectivity index (χ1v) is 12.3. The van der Waals surface area contributed by atoms with Crippen LogP contribution in [-0.2, 0) is 42.9 Å². The van der Waals surface area contributed by atoms with Gasteiger partial charge in [-0.05, 0) is 29.3 Å². The number of hydrogen-bond donors (Lipinski definition) is 2. The van der Waals surface area contributed by atoms with E-state index in [0.717, 1.165) is 26.3 Å². The van der Waals surface area contributed by atoms with Crippen molar-refractivity contribution in [1.82, 2.24) is 10.7 Å². The second-order valence-corrected chi connectivity index (χ2v) is 9.19. The first-order valence-electron chi connectivity index (χ1n) is 11.9. The first-order chi connectivity index (χ1) is 17.9. The summed E-state index contributed by atoms with van der Waals surface area (Å²) in [6.07, 6.45) is -4.59. The smallest absolute Gasteiger partial charge is 0.303 e. The lowest BCUT2D eigenvalue weighted by Gasteiger charge is -2.44. The molecule has 1 aromatic rings. The normalized spacial score (nSPS) is 22.9. The minimum Gasteiger partial charge on any atom is -0.463 e. The van der Waals surface area contributed by atoms with Crippen molar-refractivity contribution in [2.75, 3.05) is 6.61 Å². The topological polar surface area (TPSA) is 151 Å². The molecule has 1 saturated heterocycles. The maximum atomic E-state index is 11.9. The van der Waals surface area contributed by atoms with Crippen LogP contribution in [0.2, 0.25) is 0 Å². The van der Waals surface area contributed by atoms with E-state index in [1.165, 1.54) is 12.5 Å². The number of hydrogen-bond acceptors (Lipinski definition) is 11. The van der Waals surface area contributed by atoms with Gasteiger partial charge in [0.15, 0.2) is 29.7 Å². The van der Waals surface area contributed by atoms with E-state index in [4.69, 9.17) is 35.9 Å². The first kappa shape index (κ1) is 30.6. The van der Waals surface area contributed by atoms with E-state index in [1.807, 2.05) is 24.3 Å². The molecule has 5 atom stereocenters. The van der Waals surface area contributed by atoms with Crippen LogP contribution in [0.4, 0.5) is 0 Å². The predicted octanol–water partition coefficient (Wildman–Crippen LogP) is 1.69. The molecule has 1 aliphatic rings. The van der Waals surface area contributed by atoms with Crippen LogP contribution in [0.3, 0.4) is 0 Å². The number of carbonyl (C=O) groups excluding carboxylic acids is 4. The summed E-state index contributed by atoms with van der Waals surface area (Å²) in [4.78, 5) is 47.0. The van der Waals surface area contributed by atoms with Crippen LogP contribution in [0.1, 0.15) is 58.6 Å². The fraction of sp³-hybridized carbons (Fsp3) is 0.520. The lowest BCUT2D eigenvalue weighted by Crippen LogP contribution is -2.66. The molecule has 0 aliphatic carbocycles. The van der Waals surface area contributed by atoms with E-state index >= 15 is 0 Å². The molecular weight excluding hydrogens is 518 g/mol. The number of hydrazone groups is 1. The van der Waals surface area contributed by atoms with Gasteiger partial charge in [-0.1, -0.05) is 38.1 Å². The Morgan fingerprint density at radius 1 is 0.921 bits per heavy atom. The number of esters is 4.